The molecule has 1 unspecified atom stereocenters. The van der Waals surface area contributed by atoms with Crippen molar-refractivity contribution in [2.45, 2.75) is 57.6 Å². The van der Waals surface area contributed by atoms with Crippen molar-refractivity contribution in [2.75, 3.05) is 52.5 Å². The lowest BCUT2D eigenvalue weighted by molar-refractivity contribution is -0.134. The van der Waals surface area contributed by atoms with Gasteiger partial charge in [0, 0.05) is 38.2 Å². The fourth-order valence-electron chi connectivity index (χ4n) is 4.99. The Labute approximate surface area is 178 Å². The Morgan fingerprint density at radius 3 is 2.37 bits per heavy atom. The lowest BCUT2D eigenvalue weighted by atomic mass is 9.92. The largest absolute Gasteiger partial charge is 0.491 e. The lowest BCUT2D eigenvalue weighted by Crippen LogP contribution is -2.50. The van der Waals surface area contributed by atoms with Gasteiger partial charge in [0.25, 0.3) is 5.91 Å². The highest BCUT2D eigenvalue weighted by atomic mass is 16.6. The van der Waals surface area contributed by atoms with E-state index in [1.54, 1.807) is 6.92 Å². The van der Waals surface area contributed by atoms with Gasteiger partial charge >= 0.3 is 0 Å². The molecule has 3 fully saturated rings. The van der Waals surface area contributed by atoms with Gasteiger partial charge in [-0.1, -0.05) is 0 Å². The lowest BCUT2D eigenvalue weighted by Gasteiger charge is -2.41. The van der Waals surface area contributed by atoms with Crippen LogP contribution < -0.4 is 5.32 Å². The van der Waals surface area contributed by atoms with E-state index in [0.29, 0.717) is 37.3 Å². The second kappa shape index (κ2) is 10.0. The summed E-state index contributed by atoms with van der Waals surface area (Å²) < 4.78 is 16.6. The molecule has 0 saturated carbocycles. The average Bonchev–Trinajstić information content (AvgIpc) is 3.31. The zero-order valence-corrected chi connectivity index (χ0v) is 18.1. The van der Waals surface area contributed by atoms with Crippen LogP contribution in [0.1, 0.15) is 45.4 Å². The predicted molar refractivity (Wildman–Crippen MR) is 110 cm³/mol. The standard InChI is InChI=1S/C22H35N3O5/c1-16-20(30-14-13-28-16)22(27)25-10-6-18(7-11-25)24-8-4-17(5-9-24)21(26)23-15-19-3-2-12-29-19/h17-19H,2-15H2,1H3,(H,23,26). The minimum Gasteiger partial charge on any atom is -0.491 e. The van der Waals surface area contributed by atoms with Crippen LogP contribution >= 0.6 is 0 Å². The predicted octanol–water partition coefficient (Wildman–Crippen LogP) is 1.26. The Balaban J connectivity index is 1.18. The van der Waals surface area contributed by atoms with E-state index in [1.807, 2.05) is 4.90 Å². The summed E-state index contributed by atoms with van der Waals surface area (Å²) in [4.78, 5) is 29.6. The van der Waals surface area contributed by atoms with Crippen LogP contribution in [0.2, 0.25) is 0 Å². The van der Waals surface area contributed by atoms with Crippen molar-refractivity contribution < 1.29 is 23.8 Å². The molecule has 30 heavy (non-hydrogen) atoms. The van der Waals surface area contributed by atoms with Crippen molar-refractivity contribution >= 4 is 11.8 Å². The summed E-state index contributed by atoms with van der Waals surface area (Å²) in [5, 5.41) is 3.09. The summed E-state index contributed by atoms with van der Waals surface area (Å²) in [7, 11) is 0. The number of rotatable bonds is 5. The van der Waals surface area contributed by atoms with E-state index < -0.39 is 0 Å². The average molecular weight is 422 g/mol. The maximum atomic E-state index is 12.7. The molecule has 8 nitrogen and oxygen atoms in total. The van der Waals surface area contributed by atoms with Gasteiger partial charge in [-0.2, -0.15) is 0 Å². The topological polar surface area (TPSA) is 80.3 Å². The minimum absolute atomic E-state index is 0.0488. The van der Waals surface area contributed by atoms with Crippen molar-refractivity contribution in [3.05, 3.63) is 11.5 Å². The summed E-state index contributed by atoms with van der Waals surface area (Å²) in [6, 6.07) is 0.489. The molecule has 2 amide bonds. The first-order chi connectivity index (χ1) is 14.6. The van der Waals surface area contributed by atoms with Gasteiger partial charge in [0.2, 0.25) is 11.7 Å². The Morgan fingerprint density at radius 1 is 0.967 bits per heavy atom. The van der Waals surface area contributed by atoms with Gasteiger partial charge in [0.1, 0.15) is 19.0 Å². The smallest absolute Gasteiger partial charge is 0.292 e. The van der Waals surface area contributed by atoms with Crippen LogP contribution in [-0.2, 0) is 23.8 Å². The second-order valence-corrected chi connectivity index (χ2v) is 8.80. The summed E-state index contributed by atoms with van der Waals surface area (Å²) in [6.07, 6.45) is 6.11. The van der Waals surface area contributed by atoms with Crippen molar-refractivity contribution in [3.63, 3.8) is 0 Å². The highest BCUT2D eigenvalue weighted by Crippen LogP contribution is 2.26. The third-order valence-electron chi connectivity index (χ3n) is 6.86. The summed E-state index contributed by atoms with van der Waals surface area (Å²) in [5.41, 5.74) is 0. The first kappa shape index (κ1) is 21.4. The zero-order chi connectivity index (χ0) is 20.9. The highest BCUT2D eigenvalue weighted by molar-refractivity contribution is 5.92. The molecule has 4 aliphatic heterocycles. The number of piperidine rings is 2. The molecule has 0 aromatic rings. The highest BCUT2D eigenvalue weighted by Gasteiger charge is 2.33. The summed E-state index contributed by atoms with van der Waals surface area (Å²) in [5.74, 6) is 1.21. The van der Waals surface area contributed by atoms with Crippen molar-refractivity contribution in [1.29, 1.82) is 0 Å². The molecule has 3 saturated heterocycles. The summed E-state index contributed by atoms with van der Waals surface area (Å²) >= 11 is 0. The maximum Gasteiger partial charge on any atom is 0.292 e. The Bertz CT molecular complexity index is 645. The van der Waals surface area contributed by atoms with Crippen molar-refractivity contribution in [3.8, 4) is 0 Å². The van der Waals surface area contributed by atoms with Crippen LogP contribution in [0.4, 0.5) is 0 Å². The number of allylic oxidation sites excluding steroid dienone is 1. The third kappa shape index (κ3) is 5.09. The number of ether oxygens (including phenoxy) is 3. The van der Waals surface area contributed by atoms with Gasteiger partial charge < -0.3 is 29.3 Å². The Hall–Kier alpha value is -1.80. The molecular weight excluding hydrogens is 386 g/mol. The Morgan fingerprint density at radius 2 is 1.70 bits per heavy atom. The van der Waals surface area contributed by atoms with Crippen LogP contribution in [0.5, 0.6) is 0 Å². The van der Waals surface area contributed by atoms with Crippen molar-refractivity contribution in [2.24, 2.45) is 5.92 Å². The number of carbonyl (C=O) groups is 2. The fourth-order valence-corrected chi connectivity index (χ4v) is 4.99. The first-order valence-corrected chi connectivity index (χ1v) is 11.5. The van der Waals surface area contributed by atoms with E-state index in [-0.39, 0.29) is 23.8 Å². The molecule has 0 aromatic heterocycles. The minimum atomic E-state index is -0.0488. The van der Waals surface area contributed by atoms with Gasteiger partial charge in [-0.05, 0) is 58.5 Å². The fraction of sp³-hybridized carbons (Fsp3) is 0.818. The molecule has 8 heteroatoms. The number of likely N-dealkylation sites (tertiary alicyclic amines) is 2. The molecule has 0 radical (unpaired) electrons. The zero-order valence-electron chi connectivity index (χ0n) is 18.1. The number of hydrogen-bond acceptors (Lipinski definition) is 6. The molecule has 168 valence electrons. The van der Waals surface area contributed by atoms with Crippen LogP contribution in [0.15, 0.2) is 11.5 Å². The second-order valence-electron chi connectivity index (χ2n) is 8.80. The van der Waals surface area contributed by atoms with E-state index >= 15 is 0 Å². The van der Waals surface area contributed by atoms with Gasteiger partial charge in [-0.25, -0.2) is 0 Å². The van der Waals surface area contributed by atoms with Crippen LogP contribution in [-0.4, -0.2) is 86.3 Å². The third-order valence-corrected chi connectivity index (χ3v) is 6.86. The monoisotopic (exact) mass is 421 g/mol. The summed E-state index contributed by atoms with van der Waals surface area (Å²) in [6.45, 7) is 7.60. The molecule has 0 spiro atoms. The molecule has 0 bridgehead atoms. The van der Waals surface area contributed by atoms with Gasteiger partial charge in [-0.15, -0.1) is 0 Å². The van der Waals surface area contributed by atoms with E-state index in [9.17, 15) is 9.59 Å². The number of amides is 2. The van der Waals surface area contributed by atoms with Crippen LogP contribution in [0.25, 0.3) is 0 Å². The molecule has 4 rings (SSSR count). The molecule has 1 N–H and O–H groups in total. The Kier molecular flexibility index (Phi) is 7.15. The normalized spacial score (nSPS) is 27.0. The van der Waals surface area contributed by atoms with Gasteiger partial charge in [0.05, 0.1) is 6.10 Å². The van der Waals surface area contributed by atoms with E-state index in [0.717, 1.165) is 71.3 Å². The number of nitrogens with zero attached hydrogens (tertiary/aromatic N) is 2. The first-order valence-electron chi connectivity index (χ1n) is 11.5. The molecule has 4 aliphatic rings. The SMILES string of the molecule is CC1=C(C(=O)N2CCC(N3CCC(C(=O)NCC4CCCO4)CC3)CC2)OCCO1. The number of carbonyl (C=O) groups excluding carboxylic acids is 2. The van der Waals surface area contributed by atoms with Crippen LogP contribution in [0.3, 0.4) is 0 Å². The number of nitrogens with one attached hydrogen (secondary N) is 1. The van der Waals surface area contributed by atoms with E-state index in [2.05, 4.69) is 10.2 Å². The quantitative estimate of drug-likeness (QED) is 0.720. The maximum absolute atomic E-state index is 12.7. The molecule has 4 heterocycles. The van der Waals surface area contributed by atoms with Gasteiger partial charge in [0.15, 0.2) is 0 Å². The van der Waals surface area contributed by atoms with Gasteiger partial charge in [-0.3, -0.25) is 9.59 Å². The molecule has 0 aliphatic carbocycles. The van der Waals surface area contributed by atoms with Crippen LogP contribution in [0, 0.1) is 5.92 Å². The van der Waals surface area contributed by atoms with Crippen molar-refractivity contribution in [1.82, 2.24) is 15.1 Å². The van der Waals surface area contributed by atoms with E-state index in [4.69, 9.17) is 14.2 Å². The van der Waals surface area contributed by atoms with E-state index in [1.165, 1.54) is 0 Å². The number of hydrogen-bond donors (Lipinski definition) is 1. The molecule has 0 aromatic carbocycles. The molecular formula is C22H35N3O5. The molecule has 1 atom stereocenters.